The Morgan fingerprint density at radius 2 is 2.11 bits per heavy atom. The molecule has 1 aliphatic rings. The lowest BCUT2D eigenvalue weighted by atomic mass is 9.76. The minimum Gasteiger partial charge on any atom is -0.331 e. The summed E-state index contributed by atoms with van der Waals surface area (Å²) < 4.78 is 2.23. The van der Waals surface area contributed by atoms with Crippen molar-refractivity contribution in [3.8, 4) is 0 Å². The van der Waals surface area contributed by atoms with E-state index in [9.17, 15) is 0 Å². The Labute approximate surface area is 114 Å². The van der Waals surface area contributed by atoms with E-state index in [1.807, 2.05) is 0 Å². The molecule has 3 nitrogen and oxygen atoms in total. The lowest BCUT2D eigenvalue weighted by Crippen LogP contribution is -2.34. The van der Waals surface area contributed by atoms with Gasteiger partial charge in [0.25, 0.3) is 0 Å². The van der Waals surface area contributed by atoms with E-state index in [0.717, 1.165) is 24.8 Å². The zero-order valence-electron chi connectivity index (χ0n) is 12.1. The van der Waals surface area contributed by atoms with Gasteiger partial charge in [-0.05, 0) is 42.4 Å². The Hall–Kier alpha value is -1.35. The average Bonchev–Trinajstić information content (AvgIpc) is 2.61. The number of fused-ring (bicyclic) bond motifs is 1. The summed E-state index contributed by atoms with van der Waals surface area (Å²) in [6, 6.07) is 7.13. The van der Waals surface area contributed by atoms with Crippen LogP contribution in [0.4, 0.5) is 0 Å². The molecule has 0 bridgehead atoms. The molecule has 0 spiro atoms. The van der Waals surface area contributed by atoms with Crippen molar-refractivity contribution in [2.45, 2.75) is 45.1 Å². The van der Waals surface area contributed by atoms with Gasteiger partial charge in [-0.3, -0.25) is 0 Å². The van der Waals surface area contributed by atoms with E-state index in [0.29, 0.717) is 17.9 Å². The molecule has 0 atom stereocenters. The third-order valence-electron chi connectivity index (χ3n) is 4.23. The molecular weight excluding hydrogens is 234 g/mol. The van der Waals surface area contributed by atoms with Crippen LogP contribution in [0.25, 0.3) is 11.0 Å². The summed E-state index contributed by atoms with van der Waals surface area (Å²) in [5.41, 5.74) is 9.66. The number of aromatic nitrogens is 2. The monoisotopic (exact) mass is 257 g/mol. The van der Waals surface area contributed by atoms with E-state index in [1.54, 1.807) is 0 Å². The van der Waals surface area contributed by atoms with Crippen LogP contribution in [0, 0.1) is 5.92 Å². The fraction of sp³-hybridized carbons (Fsp3) is 0.562. The van der Waals surface area contributed by atoms with Crippen LogP contribution in [0.2, 0.25) is 0 Å². The second-order valence-corrected chi connectivity index (χ2v) is 6.36. The molecule has 2 N–H and O–H groups in total. The Morgan fingerprint density at radius 1 is 1.37 bits per heavy atom. The number of nitrogens with zero attached hydrogens (tertiary/aromatic N) is 2. The van der Waals surface area contributed by atoms with Crippen molar-refractivity contribution in [1.29, 1.82) is 0 Å². The van der Waals surface area contributed by atoms with E-state index in [1.165, 1.54) is 16.9 Å². The summed E-state index contributed by atoms with van der Waals surface area (Å²) in [6.45, 7) is 4.47. The standard InChI is InChI=1S/C16H23N3/c1-10(2)6-16-18-14-9-11(12-7-13(17)8-12)4-5-15(14)19(16)3/h4-5,9-10,12-13H,6-8,17H2,1-3H3. The summed E-state index contributed by atoms with van der Waals surface area (Å²) in [7, 11) is 2.12. The van der Waals surface area contributed by atoms with Crippen molar-refractivity contribution < 1.29 is 0 Å². The lowest BCUT2D eigenvalue weighted by Gasteiger charge is -2.32. The smallest absolute Gasteiger partial charge is 0.109 e. The van der Waals surface area contributed by atoms with E-state index in [4.69, 9.17) is 10.7 Å². The number of rotatable bonds is 3. The molecule has 2 aromatic rings. The first-order chi connectivity index (χ1) is 9.04. The summed E-state index contributed by atoms with van der Waals surface area (Å²) >= 11 is 0. The fourth-order valence-electron chi connectivity index (χ4n) is 3.00. The molecule has 0 amide bonds. The fourth-order valence-corrected chi connectivity index (χ4v) is 3.00. The lowest BCUT2D eigenvalue weighted by molar-refractivity contribution is 0.352. The number of nitrogens with two attached hydrogens (primary N) is 1. The van der Waals surface area contributed by atoms with Crippen molar-refractivity contribution in [2.24, 2.45) is 18.7 Å². The highest BCUT2D eigenvalue weighted by Crippen LogP contribution is 2.36. The van der Waals surface area contributed by atoms with Crippen LogP contribution in [0.1, 0.15) is 44.0 Å². The summed E-state index contributed by atoms with van der Waals surface area (Å²) in [5, 5.41) is 0. The molecule has 19 heavy (non-hydrogen) atoms. The Balaban J connectivity index is 1.94. The molecule has 0 radical (unpaired) electrons. The van der Waals surface area contributed by atoms with E-state index < -0.39 is 0 Å². The van der Waals surface area contributed by atoms with E-state index >= 15 is 0 Å². The van der Waals surface area contributed by atoms with Crippen molar-refractivity contribution in [2.75, 3.05) is 0 Å². The Kier molecular flexibility index (Phi) is 3.09. The van der Waals surface area contributed by atoms with Crippen LogP contribution in [0.5, 0.6) is 0 Å². The number of hydrogen-bond donors (Lipinski definition) is 1. The Morgan fingerprint density at radius 3 is 2.74 bits per heavy atom. The average molecular weight is 257 g/mol. The molecule has 0 unspecified atom stereocenters. The van der Waals surface area contributed by atoms with E-state index in [2.05, 4.69) is 43.7 Å². The van der Waals surface area contributed by atoms with Gasteiger partial charge in [-0.25, -0.2) is 4.98 Å². The van der Waals surface area contributed by atoms with Gasteiger partial charge in [0.15, 0.2) is 0 Å². The predicted octanol–water partition coefficient (Wildman–Crippen LogP) is 2.98. The predicted molar refractivity (Wildman–Crippen MR) is 79.2 cm³/mol. The van der Waals surface area contributed by atoms with Gasteiger partial charge in [-0.15, -0.1) is 0 Å². The van der Waals surface area contributed by atoms with Gasteiger partial charge in [0.1, 0.15) is 5.82 Å². The molecular formula is C16H23N3. The molecule has 1 aliphatic carbocycles. The van der Waals surface area contributed by atoms with Gasteiger partial charge in [-0.2, -0.15) is 0 Å². The molecule has 0 aliphatic heterocycles. The summed E-state index contributed by atoms with van der Waals surface area (Å²) in [4.78, 5) is 4.80. The normalized spacial score (nSPS) is 23.0. The van der Waals surface area contributed by atoms with Crippen LogP contribution in [0.3, 0.4) is 0 Å². The number of imidazole rings is 1. The molecule has 102 valence electrons. The topological polar surface area (TPSA) is 43.8 Å². The van der Waals surface area contributed by atoms with Gasteiger partial charge in [0.05, 0.1) is 11.0 Å². The van der Waals surface area contributed by atoms with Gasteiger partial charge >= 0.3 is 0 Å². The number of aryl methyl sites for hydroxylation is 1. The first kappa shape index (κ1) is 12.7. The van der Waals surface area contributed by atoms with E-state index in [-0.39, 0.29) is 0 Å². The molecule has 3 rings (SSSR count). The highest BCUT2D eigenvalue weighted by Gasteiger charge is 2.27. The number of hydrogen-bond acceptors (Lipinski definition) is 2. The Bertz CT molecular complexity index is 591. The molecule has 1 aromatic heterocycles. The molecule has 1 saturated carbocycles. The van der Waals surface area contributed by atoms with Crippen LogP contribution < -0.4 is 5.73 Å². The molecule has 3 heteroatoms. The number of benzene rings is 1. The minimum absolute atomic E-state index is 0.404. The largest absolute Gasteiger partial charge is 0.331 e. The zero-order chi connectivity index (χ0) is 13.6. The highest BCUT2D eigenvalue weighted by atomic mass is 15.1. The highest BCUT2D eigenvalue weighted by molar-refractivity contribution is 5.77. The minimum atomic E-state index is 0.404. The first-order valence-corrected chi connectivity index (χ1v) is 7.25. The van der Waals surface area contributed by atoms with Crippen LogP contribution >= 0.6 is 0 Å². The molecule has 1 fully saturated rings. The van der Waals surface area contributed by atoms with Gasteiger partial charge in [0.2, 0.25) is 0 Å². The third-order valence-corrected chi connectivity index (χ3v) is 4.23. The second-order valence-electron chi connectivity index (χ2n) is 6.36. The third kappa shape index (κ3) is 2.27. The van der Waals surface area contributed by atoms with Crippen LogP contribution in [0.15, 0.2) is 18.2 Å². The summed E-state index contributed by atoms with van der Waals surface area (Å²) in [6.07, 6.45) is 3.28. The van der Waals surface area contributed by atoms with Crippen molar-refractivity contribution in [3.63, 3.8) is 0 Å². The molecule has 0 saturated heterocycles. The van der Waals surface area contributed by atoms with Gasteiger partial charge in [-0.1, -0.05) is 19.9 Å². The summed E-state index contributed by atoms with van der Waals surface area (Å²) in [5.74, 6) is 2.47. The molecule has 1 heterocycles. The SMILES string of the molecule is CC(C)Cc1nc2cc(C3CC(N)C3)ccc2n1C. The quantitative estimate of drug-likeness (QED) is 0.918. The maximum absolute atomic E-state index is 5.88. The zero-order valence-corrected chi connectivity index (χ0v) is 12.1. The molecule has 1 aromatic carbocycles. The van der Waals surface area contributed by atoms with Crippen LogP contribution in [-0.4, -0.2) is 15.6 Å². The van der Waals surface area contributed by atoms with Gasteiger partial charge < -0.3 is 10.3 Å². The maximum atomic E-state index is 5.88. The maximum Gasteiger partial charge on any atom is 0.109 e. The second kappa shape index (κ2) is 4.64. The van der Waals surface area contributed by atoms with Crippen molar-refractivity contribution in [3.05, 3.63) is 29.6 Å². The van der Waals surface area contributed by atoms with Gasteiger partial charge in [0, 0.05) is 19.5 Å². The van der Waals surface area contributed by atoms with Crippen molar-refractivity contribution >= 4 is 11.0 Å². The van der Waals surface area contributed by atoms with Crippen molar-refractivity contribution in [1.82, 2.24) is 9.55 Å². The first-order valence-electron chi connectivity index (χ1n) is 7.25. The van der Waals surface area contributed by atoms with Crippen LogP contribution in [-0.2, 0) is 13.5 Å².